The van der Waals surface area contributed by atoms with Gasteiger partial charge in [-0.15, -0.1) is 0 Å². The van der Waals surface area contributed by atoms with Crippen molar-refractivity contribution in [2.75, 3.05) is 29.5 Å². The summed E-state index contributed by atoms with van der Waals surface area (Å²) in [6, 6.07) is 7.48. The lowest BCUT2D eigenvalue weighted by molar-refractivity contribution is -0.0193. The number of anilines is 1. The van der Waals surface area contributed by atoms with Crippen LogP contribution in [0.3, 0.4) is 0 Å². The summed E-state index contributed by atoms with van der Waals surface area (Å²) in [6.07, 6.45) is 1.34. The molecule has 0 heterocycles. The van der Waals surface area contributed by atoms with Gasteiger partial charge in [0.2, 0.25) is 0 Å². The van der Waals surface area contributed by atoms with Crippen molar-refractivity contribution in [1.82, 2.24) is 0 Å². The molecule has 1 aromatic carbocycles. The van der Waals surface area contributed by atoms with Crippen LogP contribution in [0.5, 0.6) is 5.75 Å². The summed E-state index contributed by atoms with van der Waals surface area (Å²) >= 11 is -0.741. The maximum Gasteiger partial charge on any atom is 0.197 e. The normalized spacial score (nSPS) is 13.2. The molecule has 1 unspecified atom stereocenters. The molecular weight excluding hydrogens is 324 g/mol. The largest absolute Gasteiger partial charge is 0.616 e. The molecule has 2 atom stereocenters. The Balaban J connectivity index is 2.78. The highest BCUT2D eigenvalue weighted by Gasteiger charge is 2.13. The summed E-state index contributed by atoms with van der Waals surface area (Å²) in [5.41, 5.74) is 1.35. The predicted octanol–water partition coefficient (Wildman–Crippen LogP) is 3.04. The third-order valence-corrected chi connectivity index (χ3v) is 5.28. The van der Waals surface area contributed by atoms with Gasteiger partial charge in [-0.05, 0) is 25.5 Å². The lowest BCUT2D eigenvalue weighted by Crippen LogP contribution is -2.26. The molecule has 0 aliphatic carbocycles. The molecule has 0 bridgehead atoms. The summed E-state index contributed by atoms with van der Waals surface area (Å²) < 4.78 is 17.2. The van der Waals surface area contributed by atoms with Crippen LogP contribution in [-0.2, 0) is 11.2 Å². The second kappa shape index (κ2) is 11.2. The Bertz CT molecular complexity index is 533. The first-order valence-corrected chi connectivity index (χ1v) is 10.0. The lowest BCUT2D eigenvalue weighted by atomic mass is 10.1. The highest BCUT2D eigenvalue weighted by Crippen LogP contribution is 2.26. The Morgan fingerprint density at radius 1 is 1.33 bits per heavy atom. The zero-order valence-corrected chi connectivity index (χ0v) is 15.6. The lowest BCUT2D eigenvalue weighted by Gasteiger charge is -2.24. The molecule has 0 aliphatic heterocycles. The summed E-state index contributed by atoms with van der Waals surface area (Å²) in [7, 11) is 0. The van der Waals surface area contributed by atoms with Gasteiger partial charge in [0.1, 0.15) is 23.3 Å². The Labute approximate surface area is 148 Å². The number of hydrogen-bond donors (Lipinski definition) is 1. The maximum absolute atomic E-state index is 11.8. The van der Waals surface area contributed by atoms with Crippen LogP contribution >= 0.6 is 0 Å². The minimum atomic E-state index is -0.918. The summed E-state index contributed by atoms with van der Waals surface area (Å²) in [6.45, 7) is 7.52. The van der Waals surface area contributed by atoms with Crippen molar-refractivity contribution >= 4 is 16.9 Å². The average Bonchev–Trinajstić information content (AvgIpc) is 2.58. The molecule has 24 heavy (non-hydrogen) atoms. The third kappa shape index (κ3) is 6.60. The number of ether oxygens (including phenoxy) is 1. The zero-order valence-electron chi connectivity index (χ0n) is 14.8. The molecule has 0 fully saturated rings. The van der Waals surface area contributed by atoms with Crippen molar-refractivity contribution in [1.29, 1.82) is 5.26 Å². The minimum Gasteiger partial charge on any atom is -0.616 e. The van der Waals surface area contributed by atoms with Crippen molar-refractivity contribution in [3.05, 3.63) is 23.8 Å². The van der Waals surface area contributed by atoms with Crippen LogP contribution in [0, 0.1) is 11.3 Å². The zero-order chi connectivity index (χ0) is 17.9. The van der Waals surface area contributed by atoms with E-state index in [2.05, 4.69) is 17.9 Å². The van der Waals surface area contributed by atoms with E-state index in [9.17, 15) is 14.9 Å². The SMILES string of the molecule is CCC[S+]([O-])CCCN(CC)c1ccc(C#N)c(O[C@@H](O)CC)c1. The molecule has 6 heteroatoms. The fourth-order valence-corrected chi connectivity index (χ4v) is 3.45. The van der Waals surface area contributed by atoms with Crippen LogP contribution in [0.2, 0.25) is 0 Å². The first-order valence-electron chi connectivity index (χ1n) is 8.54. The molecular formula is C18H28N2O3S. The van der Waals surface area contributed by atoms with E-state index >= 15 is 0 Å². The first-order chi connectivity index (χ1) is 11.5. The average molecular weight is 353 g/mol. The molecule has 1 rings (SSSR count). The highest BCUT2D eigenvalue weighted by molar-refractivity contribution is 7.91. The molecule has 0 aliphatic rings. The second-order valence-corrected chi connectivity index (χ2v) is 7.25. The smallest absolute Gasteiger partial charge is 0.197 e. The van der Waals surface area contributed by atoms with E-state index in [0.717, 1.165) is 37.4 Å². The van der Waals surface area contributed by atoms with Crippen LogP contribution in [0.4, 0.5) is 5.69 Å². The van der Waals surface area contributed by atoms with Gasteiger partial charge >= 0.3 is 0 Å². The standard InChI is InChI=1S/C18H28N2O3S/c1-4-11-24(22)12-7-10-20(6-3)16-9-8-15(14-19)17(13-16)23-18(21)5-2/h8-9,13,18,21H,4-7,10-12H2,1-3H3/t18-,24?/m1/s1. The van der Waals surface area contributed by atoms with Gasteiger partial charge in [-0.2, -0.15) is 5.26 Å². The molecule has 0 saturated carbocycles. The molecule has 1 N–H and O–H groups in total. The number of hydrogen-bond acceptors (Lipinski definition) is 5. The Morgan fingerprint density at radius 3 is 2.67 bits per heavy atom. The molecule has 0 amide bonds. The monoisotopic (exact) mass is 352 g/mol. The summed E-state index contributed by atoms with van der Waals surface area (Å²) in [5, 5.41) is 18.9. The molecule has 5 nitrogen and oxygen atoms in total. The number of nitrogens with zero attached hydrogens (tertiary/aromatic N) is 2. The number of rotatable bonds is 11. The summed E-state index contributed by atoms with van der Waals surface area (Å²) in [5.74, 6) is 1.87. The van der Waals surface area contributed by atoms with Gasteiger partial charge in [-0.3, -0.25) is 0 Å². The van der Waals surface area contributed by atoms with Crippen LogP contribution < -0.4 is 9.64 Å². The Morgan fingerprint density at radius 2 is 2.08 bits per heavy atom. The van der Waals surface area contributed by atoms with Crippen LogP contribution in [0.15, 0.2) is 18.2 Å². The fraction of sp³-hybridized carbons (Fsp3) is 0.611. The van der Waals surface area contributed by atoms with Gasteiger partial charge in [-0.1, -0.05) is 25.0 Å². The highest BCUT2D eigenvalue weighted by atomic mass is 32.2. The van der Waals surface area contributed by atoms with Crippen molar-refractivity contribution in [2.24, 2.45) is 0 Å². The molecule has 1 aromatic rings. The van der Waals surface area contributed by atoms with E-state index in [1.54, 1.807) is 12.1 Å². The van der Waals surface area contributed by atoms with Gasteiger partial charge in [0, 0.05) is 37.7 Å². The number of benzene rings is 1. The van der Waals surface area contributed by atoms with Gasteiger partial charge < -0.3 is 19.3 Å². The van der Waals surface area contributed by atoms with Gasteiger partial charge in [0.25, 0.3) is 0 Å². The van der Waals surface area contributed by atoms with Crippen LogP contribution in [-0.4, -0.2) is 40.5 Å². The van der Waals surface area contributed by atoms with Crippen molar-refractivity contribution < 1.29 is 14.4 Å². The predicted molar refractivity (Wildman–Crippen MR) is 98.8 cm³/mol. The van der Waals surface area contributed by atoms with Crippen LogP contribution in [0.25, 0.3) is 0 Å². The first kappa shape index (κ1) is 20.6. The van der Waals surface area contributed by atoms with Gasteiger partial charge in [-0.25, -0.2) is 0 Å². The fourth-order valence-electron chi connectivity index (χ4n) is 2.34. The van der Waals surface area contributed by atoms with E-state index in [1.807, 2.05) is 19.9 Å². The number of aliphatic hydroxyl groups is 1. The van der Waals surface area contributed by atoms with Gasteiger partial charge in [0.05, 0.1) is 5.56 Å². The van der Waals surface area contributed by atoms with E-state index in [-0.39, 0.29) is 0 Å². The van der Waals surface area contributed by atoms with Gasteiger partial charge in [0.15, 0.2) is 6.29 Å². The second-order valence-electron chi connectivity index (χ2n) is 5.55. The Kier molecular flexibility index (Phi) is 9.62. The van der Waals surface area contributed by atoms with E-state index in [4.69, 9.17) is 4.74 Å². The van der Waals surface area contributed by atoms with Crippen LogP contribution in [0.1, 0.15) is 45.6 Å². The molecule has 0 radical (unpaired) electrons. The molecule has 134 valence electrons. The van der Waals surface area contributed by atoms with Crippen molar-refractivity contribution in [3.8, 4) is 11.8 Å². The Hall–Kier alpha value is -1.42. The minimum absolute atomic E-state index is 0.400. The van der Waals surface area contributed by atoms with E-state index in [0.29, 0.717) is 23.5 Å². The molecule has 0 saturated heterocycles. The number of aliphatic hydroxyl groups excluding tert-OH is 1. The van der Waals surface area contributed by atoms with E-state index in [1.165, 1.54) is 0 Å². The molecule has 0 aromatic heterocycles. The topological polar surface area (TPSA) is 79.5 Å². The number of nitriles is 1. The third-order valence-electron chi connectivity index (χ3n) is 3.68. The van der Waals surface area contributed by atoms with Crippen molar-refractivity contribution in [2.45, 2.75) is 46.3 Å². The quantitative estimate of drug-likeness (QED) is 0.489. The molecule has 0 spiro atoms. The van der Waals surface area contributed by atoms with Crippen molar-refractivity contribution in [3.63, 3.8) is 0 Å². The van der Waals surface area contributed by atoms with E-state index < -0.39 is 17.5 Å². The summed E-state index contributed by atoms with van der Waals surface area (Å²) in [4.78, 5) is 2.16. The maximum atomic E-state index is 11.8.